The lowest BCUT2D eigenvalue weighted by Gasteiger charge is -2.10. The van der Waals surface area contributed by atoms with Gasteiger partial charge in [-0.2, -0.15) is 5.26 Å². The van der Waals surface area contributed by atoms with Gasteiger partial charge in [-0.05, 0) is 48.4 Å². The molecule has 0 saturated carbocycles. The molecule has 0 aliphatic carbocycles. The number of hydrogen-bond donors (Lipinski definition) is 3. The van der Waals surface area contributed by atoms with Crippen molar-refractivity contribution >= 4 is 11.5 Å². The second kappa shape index (κ2) is 10.00. The first-order valence-corrected chi connectivity index (χ1v) is 8.97. The summed E-state index contributed by atoms with van der Waals surface area (Å²) in [6.07, 6.45) is 3.86. The molecule has 1 aromatic heterocycles. The Kier molecular flexibility index (Phi) is 6.88. The second-order valence-electron chi connectivity index (χ2n) is 6.18. The van der Waals surface area contributed by atoms with Gasteiger partial charge in [-0.15, -0.1) is 0 Å². The minimum atomic E-state index is -0.214. The molecule has 0 radical (unpaired) electrons. The summed E-state index contributed by atoms with van der Waals surface area (Å²) in [6.45, 7) is 2.04. The molecule has 142 valence electrons. The van der Waals surface area contributed by atoms with Crippen molar-refractivity contribution in [1.82, 2.24) is 15.3 Å². The van der Waals surface area contributed by atoms with Gasteiger partial charge in [-0.3, -0.25) is 0 Å². The molecule has 0 saturated heterocycles. The smallest absolute Gasteiger partial charge is 0.158 e. The summed E-state index contributed by atoms with van der Waals surface area (Å²) in [5, 5.41) is 18.5. The monoisotopic (exact) mass is 376 g/mol. The van der Waals surface area contributed by atoms with Crippen molar-refractivity contribution in [3.8, 4) is 6.07 Å². The van der Waals surface area contributed by atoms with Gasteiger partial charge in [0.05, 0.1) is 19.1 Å². The number of anilines is 2. The average Bonchev–Trinajstić information content (AvgIpc) is 2.73. The molecular formula is C21H21FN6. The van der Waals surface area contributed by atoms with E-state index in [-0.39, 0.29) is 5.82 Å². The summed E-state index contributed by atoms with van der Waals surface area (Å²) in [4.78, 5) is 8.08. The molecule has 3 aromatic rings. The van der Waals surface area contributed by atoms with Crippen LogP contribution in [0.4, 0.5) is 15.9 Å². The van der Waals surface area contributed by atoms with Crippen molar-refractivity contribution in [2.75, 3.05) is 23.8 Å². The Labute approximate surface area is 163 Å². The summed E-state index contributed by atoms with van der Waals surface area (Å²) < 4.78 is 12.9. The molecule has 0 fully saturated rings. The van der Waals surface area contributed by atoms with Gasteiger partial charge in [0.1, 0.15) is 17.7 Å². The predicted octanol–water partition coefficient (Wildman–Crippen LogP) is 3.30. The van der Waals surface area contributed by atoms with Crippen LogP contribution in [0.2, 0.25) is 0 Å². The number of benzene rings is 2. The molecule has 3 rings (SSSR count). The zero-order chi connectivity index (χ0) is 19.6. The molecule has 0 unspecified atom stereocenters. The van der Waals surface area contributed by atoms with E-state index in [1.54, 1.807) is 12.1 Å². The van der Waals surface area contributed by atoms with Crippen LogP contribution >= 0.6 is 0 Å². The van der Waals surface area contributed by atoms with E-state index in [2.05, 4.69) is 38.1 Å². The third-order valence-electron chi connectivity index (χ3n) is 4.09. The number of nitrogens with zero attached hydrogens (tertiary/aromatic N) is 3. The van der Waals surface area contributed by atoms with Crippen LogP contribution in [-0.4, -0.2) is 23.2 Å². The fourth-order valence-corrected chi connectivity index (χ4v) is 2.62. The first-order valence-electron chi connectivity index (χ1n) is 8.97. The van der Waals surface area contributed by atoms with Crippen LogP contribution in [0.15, 0.2) is 60.9 Å². The average molecular weight is 376 g/mol. The SMILES string of the molecule is N#Cc1cnc(NCNc2cccc(CCNCc3ccc(F)cc3)c2)cn1. The molecule has 6 nitrogen and oxygen atoms in total. The fourth-order valence-electron chi connectivity index (χ4n) is 2.62. The maximum absolute atomic E-state index is 12.9. The van der Waals surface area contributed by atoms with E-state index in [0.717, 1.165) is 24.2 Å². The number of aromatic nitrogens is 2. The highest BCUT2D eigenvalue weighted by Gasteiger charge is 1.99. The van der Waals surface area contributed by atoms with Crippen LogP contribution in [0.25, 0.3) is 0 Å². The Morgan fingerprint density at radius 3 is 2.57 bits per heavy atom. The van der Waals surface area contributed by atoms with E-state index in [0.29, 0.717) is 24.7 Å². The molecule has 0 aliphatic heterocycles. The summed E-state index contributed by atoms with van der Waals surface area (Å²) in [5.74, 6) is 0.390. The van der Waals surface area contributed by atoms with E-state index in [1.165, 1.54) is 30.1 Å². The normalized spacial score (nSPS) is 10.3. The van der Waals surface area contributed by atoms with Crippen LogP contribution in [0.1, 0.15) is 16.8 Å². The molecule has 3 N–H and O–H groups in total. The van der Waals surface area contributed by atoms with Gasteiger partial charge >= 0.3 is 0 Å². The van der Waals surface area contributed by atoms with E-state index >= 15 is 0 Å². The summed E-state index contributed by atoms with van der Waals surface area (Å²) in [6, 6.07) is 16.7. The first-order chi connectivity index (χ1) is 13.7. The van der Waals surface area contributed by atoms with Gasteiger partial charge < -0.3 is 16.0 Å². The molecule has 1 heterocycles. The first kappa shape index (κ1) is 19.3. The Hall–Kier alpha value is -3.50. The summed E-state index contributed by atoms with van der Waals surface area (Å²) in [7, 11) is 0. The zero-order valence-corrected chi connectivity index (χ0v) is 15.3. The Morgan fingerprint density at radius 1 is 0.964 bits per heavy atom. The maximum atomic E-state index is 12.9. The molecule has 0 aliphatic rings. The molecule has 7 heteroatoms. The molecule has 0 amide bonds. The fraction of sp³-hybridized carbons (Fsp3) is 0.190. The minimum Gasteiger partial charge on any atom is -0.368 e. The molecular weight excluding hydrogens is 355 g/mol. The number of nitriles is 1. The number of halogens is 1. The highest BCUT2D eigenvalue weighted by Crippen LogP contribution is 2.11. The number of rotatable bonds is 9. The number of hydrogen-bond acceptors (Lipinski definition) is 6. The lowest BCUT2D eigenvalue weighted by molar-refractivity contribution is 0.625. The lowest BCUT2D eigenvalue weighted by Crippen LogP contribution is -2.17. The van der Waals surface area contributed by atoms with Gasteiger partial charge in [0.25, 0.3) is 0 Å². The van der Waals surface area contributed by atoms with Crippen LogP contribution in [0.5, 0.6) is 0 Å². The van der Waals surface area contributed by atoms with Gasteiger partial charge in [0.15, 0.2) is 5.69 Å². The van der Waals surface area contributed by atoms with Gasteiger partial charge in [0.2, 0.25) is 0 Å². The molecule has 28 heavy (non-hydrogen) atoms. The van der Waals surface area contributed by atoms with Gasteiger partial charge in [-0.25, -0.2) is 14.4 Å². The molecule has 0 spiro atoms. The van der Waals surface area contributed by atoms with E-state index in [9.17, 15) is 4.39 Å². The van der Waals surface area contributed by atoms with Crippen LogP contribution in [-0.2, 0) is 13.0 Å². The van der Waals surface area contributed by atoms with Crippen molar-refractivity contribution in [2.45, 2.75) is 13.0 Å². The minimum absolute atomic E-state index is 0.214. The predicted molar refractivity (Wildman–Crippen MR) is 107 cm³/mol. The Morgan fingerprint density at radius 2 is 1.82 bits per heavy atom. The summed E-state index contributed by atoms with van der Waals surface area (Å²) in [5.41, 5.74) is 3.58. The summed E-state index contributed by atoms with van der Waals surface area (Å²) >= 11 is 0. The zero-order valence-electron chi connectivity index (χ0n) is 15.3. The lowest BCUT2D eigenvalue weighted by atomic mass is 10.1. The van der Waals surface area contributed by atoms with Crippen molar-refractivity contribution in [2.24, 2.45) is 0 Å². The highest BCUT2D eigenvalue weighted by atomic mass is 19.1. The van der Waals surface area contributed by atoms with Gasteiger partial charge in [-0.1, -0.05) is 24.3 Å². The van der Waals surface area contributed by atoms with Crippen LogP contribution in [0.3, 0.4) is 0 Å². The van der Waals surface area contributed by atoms with Crippen molar-refractivity contribution in [3.63, 3.8) is 0 Å². The van der Waals surface area contributed by atoms with Crippen molar-refractivity contribution in [3.05, 3.63) is 83.6 Å². The van der Waals surface area contributed by atoms with E-state index in [1.807, 2.05) is 18.2 Å². The number of nitrogens with one attached hydrogen (secondary N) is 3. The molecule has 0 bridgehead atoms. The third-order valence-corrected chi connectivity index (χ3v) is 4.09. The maximum Gasteiger partial charge on any atom is 0.158 e. The standard InChI is InChI=1S/C21H21FN6/c22-18-6-4-17(5-7-18)12-24-9-8-16-2-1-3-19(10-16)27-15-28-21-14-25-20(11-23)13-26-21/h1-7,10,13-14,24,27H,8-9,12,15H2,(H,26,28). The van der Waals surface area contributed by atoms with Crippen LogP contribution < -0.4 is 16.0 Å². The Balaban J connectivity index is 1.40. The second-order valence-corrected chi connectivity index (χ2v) is 6.18. The topological polar surface area (TPSA) is 85.7 Å². The van der Waals surface area contributed by atoms with E-state index in [4.69, 9.17) is 5.26 Å². The van der Waals surface area contributed by atoms with E-state index < -0.39 is 0 Å². The highest BCUT2D eigenvalue weighted by molar-refractivity contribution is 5.47. The molecule has 2 aromatic carbocycles. The van der Waals surface area contributed by atoms with Crippen molar-refractivity contribution in [1.29, 1.82) is 5.26 Å². The van der Waals surface area contributed by atoms with Gasteiger partial charge in [0, 0.05) is 12.2 Å². The van der Waals surface area contributed by atoms with Crippen molar-refractivity contribution < 1.29 is 4.39 Å². The molecule has 0 atom stereocenters. The largest absolute Gasteiger partial charge is 0.368 e. The Bertz CT molecular complexity index is 919. The van der Waals surface area contributed by atoms with Crippen LogP contribution in [0, 0.1) is 17.1 Å². The third kappa shape index (κ3) is 6.04. The quantitative estimate of drug-likeness (QED) is 0.392.